The molecule has 0 aliphatic heterocycles. The van der Waals surface area contributed by atoms with Crippen molar-refractivity contribution in [2.45, 2.75) is 19.3 Å². The Labute approximate surface area is 62.9 Å². The minimum absolute atomic E-state index is 0.286. The summed E-state index contributed by atoms with van der Waals surface area (Å²) in [6.07, 6.45) is 5.00. The van der Waals surface area contributed by atoms with Crippen molar-refractivity contribution in [1.29, 1.82) is 0 Å². The molecule has 2 heteroatoms. The summed E-state index contributed by atoms with van der Waals surface area (Å²) in [4.78, 5) is 0. The second-order valence-corrected chi connectivity index (χ2v) is 2.26. The zero-order valence-corrected chi connectivity index (χ0v) is 6.47. The molecule has 0 fully saturated rings. The molecule has 0 unspecified atom stereocenters. The number of unbranched alkanes of at least 4 members (excludes halogenated alkanes) is 1. The third-order valence-corrected chi connectivity index (χ3v) is 1.27. The SMILES string of the molecule is C=CCCCNCCCO. The fourth-order valence-electron chi connectivity index (χ4n) is 0.700. The van der Waals surface area contributed by atoms with Crippen molar-refractivity contribution in [3.05, 3.63) is 12.7 Å². The number of nitrogens with one attached hydrogen (secondary N) is 1. The highest BCUT2D eigenvalue weighted by atomic mass is 16.3. The highest BCUT2D eigenvalue weighted by Crippen LogP contribution is 1.85. The van der Waals surface area contributed by atoms with Gasteiger partial charge in [-0.2, -0.15) is 0 Å². The Hall–Kier alpha value is -0.340. The Bertz CT molecular complexity index is 73.7. The van der Waals surface area contributed by atoms with Crippen LogP contribution in [0.3, 0.4) is 0 Å². The van der Waals surface area contributed by atoms with Gasteiger partial charge in [-0.1, -0.05) is 6.08 Å². The highest BCUT2D eigenvalue weighted by Gasteiger charge is 1.84. The van der Waals surface area contributed by atoms with Crippen molar-refractivity contribution >= 4 is 0 Å². The molecule has 2 nitrogen and oxygen atoms in total. The maximum Gasteiger partial charge on any atom is 0.0443 e. The third kappa shape index (κ3) is 7.66. The molecule has 0 heterocycles. The number of aliphatic hydroxyl groups excluding tert-OH is 1. The van der Waals surface area contributed by atoms with E-state index in [1.807, 2.05) is 6.08 Å². The molecule has 10 heavy (non-hydrogen) atoms. The van der Waals surface area contributed by atoms with Crippen LogP contribution in [0.15, 0.2) is 12.7 Å². The summed E-state index contributed by atoms with van der Waals surface area (Å²) in [5, 5.41) is 11.6. The largest absolute Gasteiger partial charge is 0.396 e. The molecular formula is C8H17NO. The Kier molecular flexibility index (Phi) is 8.37. The van der Waals surface area contributed by atoms with E-state index in [1.54, 1.807) is 0 Å². The molecule has 0 aliphatic carbocycles. The smallest absolute Gasteiger partial charge is 0.0443 e. The van der Waals surface area contributed by atoms with Gasteiger partial charge in [0, 0.05) is 6.61 Å². The van der Waals surface area contributed by atoms with E-state index in [9.17, 15) is 0 Å². The zero-order chi connectivity index (χ0) is 7.66. The first-order valence-corrected chi connectivity index (χ1v) is 3.84. The molecule has 0 saturated carbocycles. The summed E-state index contributed by atoms with van der Waals surface area (Å²) in [6, 6.07) is 0. The fourth-order valence-corrected chi connectivity index (χ4v) is 0.700. The molecule has 0 amide bonds. The van der Waals surface area contributed by atoms with Crippen molar-refractivity contribution in [3.63, 3.8) is 0 Å². The van der Waals surface area contributed by atoms with Gasteiger partial charge < -0.3 is 10.4 Å². The van der Waals surface area contributed by atoms with Crippen LogP contribution in [0, 0.1) is 0 Å². The summed E-state index contributed by atoms with van der Waals surface area (Å²) in [7, 11) is 0. The summed E-state index contributed by atoms with van der Waals surface area (Å²) < 4.78 is 0. The van der Waals surface area contributed by atoms with Crippen LogP contribution in [0.5, 0.6) is 0 Å². The van der Waals surface area contributed by atoms with Gasteiger partial charge in [-0.3, -0.25) is 0 Å². The van der Waals surface area contributed by atoms with Gasteiger partial charge in [-0.15, -0.1) is 6.58 Å². The predicted octanol–water partition coefficient (Wildman–Crippen LogP) is 0.925. The lowest BCUT2D eigenvalue weighted by Gasteiger charge is -2.00. The monoisotopic (exact) mass is 143 g/mol. The highest BCUT2D eigenvalue weighted by molar-refractivity contribution is 4.66. The molecule has 0 aliphatic rings. The Morgan fingerprint density at radius 1 is 1.30 bits per heavy atom. The van der Waals surface area contributed by atoms with Crippen LogP contribution in [0.2, 0.25) is 0 Å². The van der Waals surface area contributed by atoms with Gasteiger partial charge in [0.1, 0.15) is 0 Å². The Balaban J connectivity index is 2.70. The molecule has 0 aromatic carbocycles. The lowest BCUT2D eigenvalue weighted by atomic mass is 10.3. The quantitative estimate of drug-likeness (QED) is 0.410. The Morgan fingerprint density at radius 3 is 2.60 bits per heavy atom. The summed E-state index contributed by atoms with van der Waals surface area (Å²) in [5.41, 5.74) is 0. The lowest BCUT2D eigenvalue weighted by Crippen LogP contribution is -2.17. The topological polar surface area (TPSA) is 32.3 Å². The minimum atomic E-state index is 0.286. The van der Waals surface area contributed by atoms with Gasteiger partial charge in [0.2, 0.25) is 0 Å². The number of allylic oxidation sites excluding steroid dienone is 1. The van der Waals surface area contributed by atoms with E-state index in [0.717, 1.165) is 32.4 Å². The third-order valence-electron chi connectivity index (χ3n) is 1.27. The maximum atomic E-state index is 8.41. The molecule has 60 valence electrons. The van der Waals surface area contributed by atoms with Crippen molar-refractivity contribution in [2.75, 3.05) is 19.7 Å². The van der Waals surface area contributed by atoms with Gasteiger partial charge in [-0.05, 0) is 32.4 Å². The number of hydrogen-bond donors (Lipinski definition) is 2. The molecule has 0 rings (SSSR count). The first-order valence-electron chi connectivity index (χ1n) is 3.84. The number of rotatable bonds is 7. The van der Waals surface area contributed by atoms with E-state index < -0.39 is 0 Å². The van der Waals surface area contributed by atoms with E-state index >= 15 is 0 Å². The van der Waals surface area contributed by atoms with Gasteiger partial charge in [0.25, 0.3) is 0 Å². The van der Waals surface area contributed by atoms with Crippen LogP contribution in [0.4, 0.5) is 0 Å². The Morgan fingerprint density at radius 2 is 2.00 bits per heavy atom. The second-order valence-electron chi connectivity index (χ2n) is 2.26. The van der Waals surface area contributed by atoms with Gasteiger partial charge in [0.05, 0.1) is 0 Å². The molecule has 0 atom stereocenters. The van der Waals surface area contributed by atoms with Crippen LogP contribution < -0.4 is 5.32 Å². The lowest BCUT2D eigenvalue weighted by molar-refractivity contribution is 0.286. The fraction of sp³-hybridized carbons (Fsp3) is 0.750. The first-order chi connectivity index (χ1) is 4.91. The van der Waals surface area contributed by atoms with E-state index in [2.05, 4.69) is 11.9 Å². The van der Waals surface area contributed by atoms with E-state index in [0.29, 0.717) is 0 Å². The average molecular weight is 143 g/mol. The van der Waals surface area contributed by atoms with Crippen LogP contribution in [0.1, 0.15) is 19.3 Å². The van der Waals surface area contributed by atoms with E-state index in [1.165, 1.54) is 0 Å². The van der Waals surface area contributed by atoms with Gasteiger partial charge in [-0.25, -0.2) is 0 Å². The standard InChI is InChI=1S/C8H17NO/c1-2-3-4-6-9-7-5-8-10/h2,9-10H,1,3-8H2. The molecule has 0 saturated heterocycles. The van der Waals surface area contributed by atoms with Crippen LogP contribution >= 0.6 is 0 Å². The van der Waals surface area contributed by atoms with E-state index in [4.69, 9.17) is 5.11 Å². The molecule has 2 N–H and O–H groups in total. The van der Waals surface area contributed by atoms with Crippen molar-refractivity contribution < 1.29 is 5.11 Å². The maximum absolute atomic E-state index is 8.41. The summed E-state index contributed by atoms with van der Waals surface area (Å²) >= 11 is 0. The predicted molar refractivity (Wildman–Crippen MR) is 44.0 cm³/mol. The van der Waals surface area contributed by atoms with Crippen molar-refractivity contribution in [3.8, 4) is 0 Å². The van der Waals surface area contributed by atoms with E-state index in [-0.39, 0.29) is 6.61 Å². The van der Waals surface area contributed by atoms with Gasteiger partial charge >= 0.3 is 0 Å². The molecule has 0 aromatic heterocycles. The first kappa shape index (κ1) is 9.66. The van der Waals surface area contributed by atoms with Crippen molar-refractivity contribution in [2.24, 2.45) is 0 Å². The second kappa shape index (κ2) is 8.66. The summed E-state index contributed by atoms with van der Waals surface area (Å²) in [5.74, 6) is 0. The summed E-state index contributed by atoms with van der Waals surface area (Å²) in [6.45, 7) is 5.87. The number of aliphatic hydroxyl groups is 1. The molecule has 0 bridgehead atoms. The molecule has 0 radical (unpaired) electrons. The van der Waals surface area contributed by atoms with Crippen molar-refractivity contribution in [1.82, 2.24) is 5.32 Å². The molecule has 0 spiro atoms. The molecule has 0 aromatic rings. The van der Waals surface area contributed by atoms with Crippen LogP contribution in [-0.4, -0.2) is 24.8 Å². The van der Waals surface area contributed by atoms with Crippen LogP contribution in [0.25, 0.3) is 0 Å². The van der Waals surface area contributed by atoms with Crippen LogP contribution in [-0.2, 0) is 0 Å². The minimum Gasteiger partial charge on any atom is -0.396 e. The normalized spacial score (nSPS) is 9.70. The average Bonchev–Trinajstić information content (AvgIpc) is 1.97. The number of hydrogen-bond acceptors (Lipinski definition) is 2. The molecular weight excluding hydrogens is 126 g/mol. The zero-order valence-electron chi connectivity index (χ0n) is 6.47. The van der Waals surface area contributed by atoms with Gasteiger partial charge in [0.15, 0.2) is 0 Å².